The van der Waals surface area contributed by atoms with Crippen molar-refractivity contribution in [2.24, 2.45) is 5.92 Å². The van der Waals surface area contributed by atoms with Crippen molar-refractivity contribution in [1.29, 1.82) is 0 Å². The summed E-state index contributed by atoms with van der Waals surface area (Å²) in [5.74, 6) is 0.273. The molecular weight excluding hydrogens is 404 g/mol. The van der Waals surface area contributed by atoms with Crippen molar-refractivity contribution < 1.29 is 23.1 Å². The van der Waals surface area contributed by atoms with E-state index in [4.69, 9.17) is 4.74 Å². The molecule has 1 atom stereocenters. The highest BCUT2D eigenvalue weighted by Gasteiger charge is 2.32. The van der Waals surface area contributed by atoms with Gasteiger partial charge in [-0.25, -0.2) is 8.42 Å². The highest BCUT2D eigenvalue weighted by Crippen LogP contribution is 2.24. The molecule has 2 aromatic carbocycles. The van der Waals surface area contributed by atoms with Gasteiger partial charge in [-0.2, -0.15) is 4.31 Å². The molecule has 8 heteroatoms. The lowest BCUT2D eigenvalue weighted by molar-refractivity contribution is -0.126. The standard InChI is InChI=1S/C22H28N2O5S/c1-16-3-9-20(10-4-16)30(27,28)24-13-11-18(12-14-24)22(26)23-15-21(25)17-5-7-19(29-2)8-6-17/h3-10,18,21,25H,11-15H2,1-2H3,(H,23,26). The summed E-state index contributed by atoms with van der Waals surface area (Å²) in [4.78, 5) is 12.8. The molecule has 1 aliphatic rings. The number of hydrogen-bond acceptors (Lipinski definition) is 5. The topological polar surface area (TPSA) is 95.9 Å². The Bertz CT molecular complexity index is 950. The van der Waals surface area contributed by atoms with E-state index in [-0.39, 0.29) is 23.3 Å². The molecule has 30 heavy (non-hydrogen) atoms. The summed E-state index contributed by atoms with van der Waals surface area (Å²) in [7, 11) is -1.97. The molecule has 1 amide bonds. The Hall–Kier alpha value is -2.42. The van der Waals surface area contributed by atoms with Crippen LogP contribution in [0.2, 0.25) is 0 Å². The number of piperidine rings is 1. The number of nitrogens with zero attached hydrogens (tertiary/aromatic N) is 1. The number of aliphatic hydroxyl groups is 1. The van der Waals surface area contributed by atoms with E-state index in [2.05, 4.69) is 5.32 Å². The van der Waals surface area contributed by atoms with E-state index >= 15 is 0 Å². The van der Waals surface area contributed by atoms with Gasteiger partial charge < -0.3 is 15.2 Å². The summed E-state index contributed by atoms with van der Waals surface area (Å²) in [6.45, 7) is 2.61. The van der Waals surface area contributed by atoms with Crippen molar-refractivity contribution in [2.45, 2.75) is 30.8 Å². The first-order chi connectivity index (χ1) is 14.3. The van der Waals surface area contributed by atoms with Crippen LogP contribution in [0.15, 0.2) is 53.4 Å². The second-order valence-electron chi connectivity index (χ2n) is 7.53. The second-order valence-corrected chi connectivity index (χ2v) is 9.46. The summed E-state index contributed by atoms with van der Waals surface area (Å²) >= 11 is 0. The van der Waals surface area contributed by atoms with Gasteiger partial charge in [-0.05, 0) is 49.6 Å². The minimum absolute atomic E-state index is 0.104. The Morgan fingerprint density at radius 1 is 1.13 bits per heavy atom. The third-order valence-electron chi connectivity index (χ3n) is 5.45. The molecule has 0 radical (unpaired) electrons. The molecule has 2 aromatic rings. The number of methoxy groups -OCH3 is 1. The van der Waals surface area contributed by atoms with E-state index in [1.165, 1.54) is 4.31 Å². The zero-order valence-electron chi connectivity index (χ0n) is 17.2. The number of benzene rings is 2. The maximum Gasteiger partial charge on any atom is 0.243 e. The van der Waals surface area contributed by atoms with Crippen LogP contribution in [0.5, 0.6) is 5.75 Å². The molecule has 1 unspecified atom stereocenters. The summed E-state index contributed by atoms with van der Waals surface area (Å²) in [6.07, 6.45) is 0.0901. The van der Waals surface area contributed by atoms with Gasteiger partial charge in [-0.3, -0.25) is 4.79 Å². The van der Waals surface area contributed by atoms with Crippen LogP contribution in [0.3, 0.4) is 0 Å². The summed E-state index contributed by atoms with van der Waals surface area (Å²) in [5.41, 5.74) is 1.69. The molecule has 0 bridgehead atoms. The Labute approximate surface area is 177 Å². The zero-order valence-corrected chi connectivity index (χ0v) is 18.1. The molecule has 1 saturated heterocycles. The lowest BCUT2D eigenvalue weighted by atomic mass is 9.97. The van der Waals surface area contributed by atoms with Gasteiger partial charge in [-0.15, -0.1) is 0 Å². The SMILES string of the molecule is COc1ccc(C(O)CNC(=O)C2CCN(S(=O)(=O)c3ccc(C)cc3)CC2)cc1. The molecular formula is C22H28N2O5S. The maximum atomic E-state index is 12.8. The Morgan fingerprint density at radius 3 is 2.30 bits per heavy atom. The van der Waals surface area contributed by atoms with Crippen LogP contribution in [-0.4, -0.2) is 50.5 Å². The fourth-order valence-corrected chi connectivity index (χ4v) is 4.97. The van der Waals surface area contributed by atoms with Gasteiger partial charge in [0.1, 0.15) is 5.75 Å². The number of aryl methyl sites for hydroxylation is 1. The number of aliphatic hydroxyl groups excluding tert-OH is 1. The van der Waals surface area contributed by atoms with Crippen molar-refractivity contribution >= 4 is 15.9 Å². The summed E-state index contributed by atoms with van der Waals surface area (Å²) < 4.78 is 32.1. The van der Waals surface area contributed by atoms with Gasteiger partial charge in [0, 0.05) is 25.6 Å². The van der Waals surface area contributed by atoms with Gasteiger partial charge in [0.25, 0.3) is 0 Å². The first-order valence-electron chi connectivity index (χ1n) is 9.98. The molecule has 2 N–H and O–H groups in total. The average Bonchev–Trinajstić information content (AvgIpc) is 2.77. The molecule has 3 rings (SSSR count). The largest absolute Gasteiger partial charge is 0.497 e. The van der Waals surface area contributed by atoms with Gasteiger partial charge in [0.05, 0.1) is 18.1 Å². The van der Waals surface area contributed by atoms with Crippen LogP contribution >= 0.6 is 0 Å². The molecule has 1 aliphatic heterocycles. The van der Waals surface area contributed by atoms with E-state index in [0.29, 0.717) is 37.2 Å². The highest BCUT2D eigenvalue weighted by atomic mass is 32.2. The van der Waals surface area contributed by atoms with E-state index in [9.17, 15) is 18.3 Å². The number of hydrogen-bond donors (Lipinski definition) is 2. The molecule has 7 nitrogen and oxygen atoms in total. The summed E-state index contributed by atoms with van der Waals surface area (Å²) in [6, 6.07) is 13.8. The van der Waals surface area contributed by atoms with Crippen molar-refractivity contribution in [3.63, 3.8) is 0 Å². The van der Waals surface area contributed by atoms with Crippen LogP contribution in [-0.2, 0) is 14.8 Å². The lowest BCUT2D eigenvalue weighted by Gasteiger charge is -2.30. The highest BCUT2D eigenvalue weighted by molar-refractivity contribution is 7.89. The average molecular weight is 433 g/mol. The Kier molecular flexibility index (Phi) is 7.12. The van der Waals surface area contributed by atoms with Crippen LogP contribution in [0.1, 0.15) is 30.1 Å². The van der Waals surface area contributed by atoms with E-state index < -0.39 is 16.1 Å². The number of carbonyl (C=O) groups excluding carboxylic acids is 1. The van der Waals surface area contributed by atoms with Gasteiger partial charge in [0.2, 0.25) is 15.9 Å². The van der Waals surface area contributed by atoms with Crippen molar-refractivity contribution in [2.75, 3.05) is 26.7 Å². The minimum atomic E-state index is -3.54. The lowest BCUT2D eigenvalue weighted by Crippen LogP contribution is -2.43. The van der Waals surface area contributed by atoms with Crippen LogP contribution in [0.25, 0.3) is 0 Å². The molecule has 0 saturated carbocycles. The second kappa shape index (κ2) is 9.59. The van der Waals surface area contributed by atoms with Crippen molar-refractivity contribution in [1.82, 2.24) is 9.62 Å². The molecule has 162 valence electrons. The maximum absolute atomic E-state index is 12.8. The van der Waals surface area contributed by atoms with Gasteiger partial charge in [-0.1, -0.05) is 29.8 Å². The molecule has 0 aliphatic carbocycles. The van der Waals surface area contributed by atoms with Gasteiger partial charge >= 0.3 is 0 Å². The Balaban J connectivity index is 1.50. The van der Waals surface area contributed by atoms with E-state index in [0.717, 1.165) is 5.56 Å². The monoisotopic (exact) mass is 432 g/mol. The fraction of sp³-hybridized carbons (Fsp3) is 0.409. The van der Waals surface area contributed by atoms with E-state index in [1.54, 1.807) is 55.6 Å². The molecule has 0 aromatic heterocycles. The van der Waals surface area contributed by atoms with Crippen molar-refractivity contribution in [3.8, 4) is 5.75 Å². The molecule has 1 fully saturated rings. The predicted molar refractivity (Wildman–Crippen MR) is 114 cm³/mol. The number of carbonyl (C=O) groups is 1. The molecule has 1 heterocycles. The van der Waals surface area contributed by atoms with Crippen molar-refractivity contribution in [3.05, 3.63) is 59.7 Å². The molecule has 0 spiro atoms. The smallest absolute Gasteiger partial charge is 0.243 e. The normalized spacial score (nSPS) is 16.8. The number of nitrogens with one attached hydrogen (secondary N) is 1. The predicted octanol–water partition coefficient (Wildman–Crippen LogP) is 2.25. The number of sulfonamides is 1. The van der Waals surface area contributed by atoms with Crippen LogP contribution in [0.4, 0.5) is 0 Å². The van der Waals surface area contributed by atoms with Crippen LogP contribution < -0.4 is 10.1 Å². The first kappa shape index (κ1) is 22.3. The summed E-state index contributed by atoms with van der Waals surface area (Å²) in [5, 5.41) is 13.1. The Morgan fingerprint density at radius 2 is 1.73 bits per heavy atom. The van der Waals surface area contributed by atoms with Crippen LogP contribution in [0, 0.1) is 12.8 Å². The first-order valence-corrected chi connectivity index (χ1v) is 11.4. The fourth-order valence-electron chi connectivity index (χ4n) is 3.50. The third kappa shape index (κ3) is 5.19. The van der Waals surface area contributed by atoms with E-state index in [1.807, 2.05) is 6.92 Å². The quantitative estimate of drug-likeness (QED) is 0.700. The number of amides is 1. The number of rotatable bonds is 7. The number of ether oxygens (including phenoxy) is 1. The van der Waals surface area contributed by atoms with Gasteiger partial charge in [0.15, 0.2) is 0 Å². The third-order valence-corrected chi connectivity index (χ3v) is 7.37. The zero-order chi connectivity index (χ0) is 21.7. The minimum Gasteiger partial charge on any atom is -0.497 e.